The van der Waals surface area contributed by atoms with Crippen LogP contribution < -0.4 is 15.6 Å². The van der Waals surface area contributed by atoms with Gasteiger partial charge in [-0.1, -0.05) is 53.6 Å². The maximum absolute atomic E-state index is 13.4. The molecule has 0 unspecified atom stereocenters. The van der Waals surface area contributed by atoms with Crippen LogP contribution in [0.5, 0.6) is 0 Å². The van der Waals surface area contributed by atoms with Gasteiger partial charge in [0.2, 0.25) is 5.91 Å². The molecule has 0 saturated carbocycles. The number of likely N-dealkylation sites (tertiary alicyclic amines) is 1. The van der Waals surface area contributed by atoms with Gasteiger partial charge in [0.05, 0.1) is 17.0 Å². The van der Waals surface area contributed by atoms with Crippen LogP contribution in [-0.4, -0.2) is 42.4 Å². The topological polar surface area (TPSA) is 82.9 Å². The Hall–Kier alpha value is -4.57. The van der Waals surface area contributed by atoms with Crippen molar-refractivity contribution in [2.45, 2.75) is 57.3 Å². The van der Waals surface area contributed by atoms with Gasteiger partial charge in [0.25, 0.3) is 5.91 Å². The van der Waals surface area contributed by atoms with Crippen molar-refractivity contribution in [2.75, 3.05) is 24.5 Å². The summed E-state index contributed by atoms with van der Waals surface area (Å²) in [7, 11) is 0. The van der Waals surface area contributed by atoms with Gasteiger partial charge in [0, 0.05) is 49.4 Å². The summed E-state index contributed by atoms with van der Waals surface area (Å²) in [4.78, 5) is 42.9. The monoisotopic (exact) mass is 677 g/mol. The second kappa shape index (κ2) is 14.3. The molecule has 0 bridgehead atoms. The summed E-state index contributed by atoms with van der Waals surface area (Å²) in [6.07, 6.45) is 1.95. The Morgan fingerprint density at radius 2 is 1.69 bits per heavy atom. The molecule has 7 nitrogen and oxygen atoms in total. The van der Waals surface area contributed by atoms with Crippen LogP contribution in [0.1, 0.15) is 59.3 Å². The van der Waals surface area contributed by atoms with Crippen LogP contribution in [0, 0.1) is 0 Å². The molecule has 2 amide bonds. The van der Waals surface area contributed by atoms with Crippen LogP contribution in [-0.2, 0) is 23.9 Å². The number of carbonyl (C=O) groups excluding carboxylic acids is 2. The average molecular weight is 678 g/mol. The second-order valence-corrected chi connectivity index (χ2v) is 12.7. The maximum atomic E-state index is 13.4. The number of rotatable bonds is 8. The van der Waals surface area contributed by atoms with Crippen molar-refractivity contribution in [3.63, 3.8) is 0 Å². The Balaban J connectivity index is 1.19. The Morgan fingerprint density at radius 3 is 2.42 bits per heavy atom. The number of anilines is 1. The first-order valence-corrected chi connectivity index (χ1v) is 16.4. The number of halogens is 4. The summed E-state index contributed by atoms with van der Waals surface area (Å²) in [5.41, 5.74) is 2.52. The zero-order chi connectivity index (χ0) is 33.8. The molecule has 11 heteroatoms. The SMILES string of the molecule is O=C(N[C@H](C=C1CCN(c2ccccc2CN2CCCCC2=O)CC1)Cc1ccc(Cl)cc1)c1cc(=O)c2cc(C(F)(F)F)ccc2o1. The third-order valence-electron chi connectivity index (χ3n) is 8.92. The number of nitrogens with zero attached hydrogens (tertiary/aromatic N) is 2. The Morgan fingerprint density at radius 1 is 0.938 bits per heavy atom. The summed E-state index contributed by atoms with van der Waals surface area (Å²) < 4.78 is 45.2. The van der Waals surface area contributed by atoms with Gasteiger partial charge in [-0.3, -0.25) is 14.4 Å². The highest BCUT2D eigenvalue weighted by atomic mass is 35.5. The number of para-hydroxylation sites is 1. The highest BCUT2D eigenvalue weighted by molar-refractivity contribution is 6.30. The summed E-state index contributed by atoms with van der Waals surface area (Å²) in [6.45, 7) is 2.90. The summed E-state index contributed by atoms with van der Waals surface area (Å²) in [6, 6.07) is 18.6. The Labute approximate surface area is 281 Å². The summed E-state index contributed by atoms with van der Waals surface area (Å²) in [5, 5.41) is 3.29. The van der Waals surface area contributed by atoms with E-state index >= 15 is 0 Å². The molecule has 3 heterocycles. The molecular weight excluding hydrogens is 643 g/mol. The van der Waals surface area contributed by atoms with Gasteiger partial charge in [-0.15, -0.1) is 0 Å². The van der Waals surface area contributed by atoms with Crippen LogP contribution in [0.3, 0.4) is 0 Å². The number of amides is 2. The quantitative estimate of drug-likeness (QED) is 0.195. The molecule has 4 aromatic rings. The number of benzene rings is 3. The fourth-order valence-corrected chi connectivity index (χ4v) is 6.51. The van der Waals surface area contributed by atoms with E-state index in [1.807, 2.05) is 35.2 Å². The van der Waals surface area contributed by atoms with E-state index in [4.69, 9.17) is 16.0 Å². The lowest BCUT2D eigenvalue weighted by atomic mass is 9.97. The molecule has 0 radical (unpaired) electrons. The third kappa shape index (κ3) is 7.93. The van der Waals surface area contributed by atoms with Crippen molar-refractivity contribution in [1.82, 2.24) is 10.2 Å². The van der Waals surface area contributed by atoms with Gasteiger partial charge in [-0.2, -0.15) is 13.2 Å². The normalized spacial score (nSPS) is 16.2. The fourth-order valence-electron chi connectivity index (χ4n) is 6.38. The molecule has 1 atom stereocenters. The van der Waals surface area contributed by atoms with E-state index in [1.165, 1.54) is 0 Å². The highest BCUT2D eigenvalue weighted by Gasteiger charge is 2.31. The van der Waals surface area contributed by atoms with E-state index in [0.717, 1.165) is 92.0 Å². The van der Waals surface area contributed by atoms with Crippen molar-refractivity contribution in [1.29, 1.82) is 0 Å². The van der Waals surface area contributed by atoms with Gasteiger partial charge in [-0.05, 0) is 79.6 Å². The van der Waals surface area contributed by atoms with Crippen molar-refractivity contribution in [3.8, 4) is 0 Å². The molecule has 2 aliphatic heterocycles. The minimum absolute atomic E-state index is 0.106. The zero-order valence-electron chi connectivity index (χ0n) is 26.2. The molecule has 1 aromatic heterocycles. The largest absolute Gasteiger partial charge is 0.451 e. The van der Waals surface area contributed by atoms with Crippen LogP contribution >= 0.6 is 11.6 Å². The van der Waals surface area contributed by atoms with E-state index in [2.05, 4.69) is 22.3 Å². The standard InChI is InChI=1S/C37H35ClF3N3O4/c38-28-11-8-24(9-12-28)19-29(42-36(47)34-22-32(45)30-21-27(37(39,40)41)10-13-33(30)48-34)20-25-14-17-43(18-15-25)31-6-2-1-5-26(31)23-44-16-4-3-7-35(44)46/h1-2,5-6,8-13,20-22,29H,3-4,7,14-19,23H2,(H,42,47)/t29-/m0/s1. The van der Waals surface area contributed by atoms with E-state index in [9.17, 15) is 27.6 Å². The minimum Gasteiger partial charge on any atom is -0.451 e. The molecule has 250 valence electrons. The molecule has 2 fully saturated rings. The van der Waals surface area contributed by atoms with Crippen LogP contribution in [0.15, 0.2) is 93.7 Å². The molecular formula is C37H35ClF3N3O4. The summed E-state index contributed by atoms with van der Waals surface area (Å²) in [5.74, 6) is -0.735. The van der Waals surface area contributed by atoms with E-state index < -0.39 is 29.1 Å². The number of alkyl halides is 3. The number of carbonyl (C=O) groups is 2. The van der Waals surface area contributed by atoms with Crippen molar-refractivity contribution >= 4 is 40.1 Å². The minimum atomic E-state index is -4.62. The second-order valence-electron chi connectivity index (χ2n) is 12.3. The van der Waals surface area contributed by atoms with E-state index in [-0.39, 0.29) is 22.6 Å². The molecule has 2 aliphatic rings. The maximum Gasteiger partial charge on any atom is 0.416 e. The van der Waals surface area contributed by atoms with Crippen molar-refractivity contribution in [3.05, 3.63) is 122 Å². The number of nitrogens with one attached hydrogen (secondary N) is 1. The highest BCUT2D eigenvalue weighted by Crippen LogP contribution is 2.31. The summed E-state index contributed by atoms with van der Waals surface area (Å²) >= 11 is 6.09. The first-order valence-electron chi connectivity index (χ1n) is 16.0. The Kier molecular flexibility index (Phi) is 9.91. The molecule has 2 saturated heterocycles. The zero-order valence-corrected chi connectivity index (χ0v) is 26.9. The molecule has 3 aromatic carbocycles. The first kappa shape index (κ1) is 33.3. The van der Waals surface area contributed by atoms with Gasteiger partial charge in [-0.25, -0.2) is 0 Å². The van der Waals surface area contributed by atoms with Gasteiger partial charge >= 0.3 is 6.18 Å². The number of hydrogen-bond donors (Lipinski definition) is 1. The van der Waals surface area contributed by atoms with E-state index in [1.54, 1.807) is 12.1 Å². The number of fused-ring (bicyclic) bond motifs is 1. The molecule has 48 heavy (non-hydrogen) atoms. The van der Waals surface area contributed by atoms with Crippen molar-refractivity contribution < 1.29 is 27.2 Å². The number of hydrogen-bond acceptors (Lipinski definition) is 5. The average Bonchev–Trinajstić information content (AvgIpc) is 3.07. The Bertz CT molecular complexity index is 1890. The molecule has 0 aliphatic carbocycles. The predicted molar refractivity (Wildman–Crippen MR) is 179 cm³/mol. The first-order chi connectivity index (χ1) is 23.0. The van der Waals surface area contributed by atoms with Crippen LogP contribution in [0.2, 0.25) is 5.02 Å². The predicted octanol–water partition coefficient (Wildman–Crippen LogP) is 7.55. The molecule has 0 spiro atoms. The molecule has 6 rings (SSSR count). The van der Waals surface area contributed by atoms with Crippen molar-refractivity contribution in [2.24, 2.45) is 0 Å². The number of piperidine rings is 2. The smallest absolute Gasteiger partial charge is 0.416 e. The van der Waals surface area contributed by atoms with E-state index in [0.29, 0.717) is 24.4 Å². The van der Waals surface area contributed by atoms with Crippen LogP contribution in [0.25, 0.3) is 11.0 Å². The van der Waals surface area contributed by atoms with Crippen LogP contribution in [0.4, 0.5) is 18.9 Å². The van der Waals surface area contributed by atoms with Gasteiger partial charge in [0.15, 0.2) is 11.2 Å². The van der Waals surface area contributed by atoms with Gasteiger partial charge < -0.3 is 19.5 Å². The fraction of sp³-hybridized carbons (Fsp3) is 0.324. The lowest BCUT2D eigenvalue weighted by Crippen LogP contribution is -2.37. The lowest BCUT2D eigenvalue weighted by Gasteiger charge is -2.34. The molecule has 1 N–H and O–H groups in total. The third-order valence-corrected chi connectivity index (χ3v) is 9.17. The van der Waals surface area contributed by atoms with Gasteiger partial charge in [0.1, 0.15) is 5.58 Å². The lowest BCUT2D eigenvalue weighted by molar-refractivity contribution is -0.137.